The van der Waals surface area contributed by atoms with Crippen LogP contribution in [-0.2, 0) is 6.42 Å². The zero-order valence-electron chi connectivity index (χ0n) is 11.9. The highest BCUT2D eigenvalue weighted by Gasteiger charge is 2.17. The lowest BCUT2D eigenvalue weighted by atomic mass is 10.1. The smallest absolute Gasteiger partial charge is 0.262 e. The maximum Gasteiger partial charge on any atom is 0.262 e. The van der Waals surface area contributed by atoms with Crippen LogP contribution in [0.5, 0.6) is 0 Å². The lowest BCUT2D eigenvalue weighted by molar-refractivity contribution is 0.0958. The van der Waals surface area contributed by atoms with Crippen LogP contribution < -0.4 is 5.32 Å². The summed E-state index contributed by atoms with van der Waals surface area (Å²) in [5.41, 5.74) is 0.927. The van der Waals surface area contributed by atoms with Crippen molar-refractivity contribution in [3.63, 3.8) is 0 Å². The Morgan fingerprint density at radius 1 is 1.09 bits per heavy atom. The fraction of sp³-hybridized carbons (Fsp3) is 0.118. The van der Waals surface area contributed by atoms with Gasteiger partial charge in [-0.2, -0.15) is 0 Å². The number of carbonyl (C=O) groups excluding carboxylic acids is 1. The van der Waals surface area contributed by atoms with Crippen molar-refractivity contribution >= 4 is 38.9 Å². The Bertz CT molecular complexity index is 861. The first kappa shape index (κ1) is 15.9. The molecule has 2 nitrogen and oxygen atoms in total. The summed E-state index contributed by atoms with van der Waals surface area (Å²) in [5, 5.41) is 3.78. The van der Waals surface area contributed by atoms with Crippen LogP contribution in [0.2, 0.25) is 5.02 Å². The van der Waals surface area contributed by atoms with Crippen molar-refractivity contribution in [1.29, 1.82) is 0 Å². The Kier molecular flexibility index (Phi) is 4.59. The number of rotatable bonds is 4. The van der Waals surface area contributed by atoms with Crippen molar-refractivity contribution in [2.45, 2.75) is 6.42 Å². The molecule has 6 heteroatoms. The summed E-state index contributed by atoms with van der Waals surface area (Å²) < 4.78 is 26.7. The lowest BCUT2D eigenvalue weighted by Gasteiger charge is -2.04. The number of benzene rings is 2. The predicted octanol–water partition coefficient (Wildman–Crippen LogP) is 4.81. The van der Waals surface area contributed by atoms with E-state index >= 15 is 0 Å². The quantitative estimate of drug-likeness (QED) is 0.718. The normalized spacial score (nSPS) is 10.9. The molecule has 0 unspecified atom stereocenters. The van der Waals surface area contributed by atoms with E-state index in [-0.39, 0.29) is 17.5 Å². The van der Waals surface area contributed by atoms with Crippen LogP contribution in [0.3, 0.4) is 0 Å². The van der Waals surface area contributed by atoms with E-state index in [0.717, 1.165) is 16.9 Å². The molecule has 0 bridgehead atoms. The van der Waals surface area contributed by atoms with Crippen molar-refractivity contribution in [1.82, 2.24) is 5.32 Å². The highest BCUT2D eigenvalue weighted by molar-refractivity contribution is 7.21. The third-order valence-electron chi connectivity index (χ3n) is 3.41. The van der Waals surface area contributed by atoms with Crippen molar-refractivity contribution < 1.29 is 13.6 Å². The minimum Gasteiger partial charge on any atom is -0.351 e. The lowest BCUT2D eigenvalue weighted by Crippen LogP contribution is -2.25. The summed E-state index contributed by atoms with van der Waals surface area (Å²) >= 11 is 7.36. The van der Waals surface area contributed by atoms with E-state index in [1.54, 1.807) is 18.2 Å². The van der Waals surface area contributed by atoms with Gasteiger partial charge in [0, 0.05) is 16.6 Å². The molecular weight excluding hydrogens is 340 g/mol. The zero-order valence-corrected chi connectivity index (χ0v) is 13.5. The number of halogens is 3. The summed E-state index contributed by atoms with van der Waals surface area (Å²) in [4.78, 5) is 12.6. The van der Waals surface area contributed by atoms with E-state index in [1.165, 1.54) is 24.3 Å². The molecule has 1 aromatic heterocycles. The topological polar surface area (TPSA) is 29.1 Å². The molecular formula is C17H12ClF2NOS. The number of hydrogen-bond acceptors (Lipinski definition) is 2. The number of nitrogens with one attached hydrogen (secondary N) is 1. The third kappa shape index (κ3) is 3.51. The molecule has 3 aromatic rings. The fourth-order valence-electron chi connectivity index (χ4n) is 2.24. The molecule has 1 amide bonds. The van der Waals surface area contributed by atoms with Gasteiger partial charge in [0.1, 0.15) is 16.5 Å². The van der Waals surface area contributed by atoms with E-state index in [4.69, 9.17) is 11.6 Å². The highest BCUT2D eigenvalue weighted by atomic mass is 35.5. The Hall–Kier alpha value is -1.98. The number of fused-ring (bicyclic) bond motifs is 1. The van der Waals surface area contributed by atoms with Gasteiger partial charge in [-0.05, 0) is 42.3 Å². The Morgan fingerprint density at radius 3 is 2.52 bits per heavy atom. The zero-order chi connectivity index (χ0) is 16.4. The first-order valence-electron chi connectivity index (χ1n) is 6.95. The monoisotopic (exact) mass is 351 g/mol. The second-order valence-electron chi connectivity index (χ2n) is 5.02. The summed E-state index contributed by atoms with van der Waals surface area (Å²) in [6.45, 7) is 0.406. The van der Waals surface area contributed by atoms with Crippen LogP contribution in [0.1, 0.15) is 15.2 Å². The molecule has 118 valence electrons. The van der Waals surface area contributed by atoms with Crippen LogP contribution in [0.25, 0.3) is 10.1 Å². The number of carbonyl (C=O) groups is 1. The molecule has 0 atom stereocenters. The van der Waals surface area contributed by atoms with E-state index in [1.807, 2.05) is 0 Å². The van der Waals surface area contributed by atoms with Gasteiger partial charge in [-0.25, -0.2) is 8.78 Å². The second kappa shape index (κ2) is 6.64. The molecule has 0 fully saturated rings. The van der Waals surface area contributed by atoms with Crippen molar-refractivity contribution in [2.24, 2.45) is 0 Å². The van der Waals surface area contributed by atoms with Crippen molar-refractivity contribution in [2.75, 3.05) is 6.54 Å². The average Bonchev–Trinajstić information content (AvgIpc) is 2.85. The van der Waals surface area contributed by atoms with Gasteiger partial charge in [0.2, 0.25) is 0 Å². The highest BCUT2D eigenvalue weighted by Crippen LogP contribution is 2.35. The molecule has 23 heavy (non-hydrogen) atoms. The Balaban J connectivity index is 1.68. The summed E-state index contributed by atoms with van der Waals surface area (Å²) in [6, 6.07) is 10.4. The molecule has 0 radical (unpaired) electrons. The maximum atomic E-state index is 13.2. The SMILES string of the molecule is O=C(NCCc1ccc(F)cc1)c1sc2cc(F)ccc2c1Cl. The third-order valence-corrected chi connectivity index (χ3v) is 5.07. The van der Waals surface area contributed by atoms with Gasteiger partial charge in [0.25, 0.3) is 5.91 Å². The van der Waals surface area contributed by atoms with Crippen LogP contribution in [0.15, 0.2) is 42.5 Å². The van der Waals surface area contributed by atoms with Gasteiger partial charge in [0.15, 0.2) is 0 Å². The Morgan fingerprint density at radius 2 is 1.78 bits per heavy atom. The standard InChI is InChI=1S/C17H12ClF2NOS/c18-15-13-6-5-12(20)9-14(13)23-16(15)17(22)21-8-7-10-1-3-11(19)4-2-10/h1-6,9H,7-8H2,(H,21,22). The molecule has 0 saturated carbocycles. The van der Waals surface area contributed by atoms with E-state index in [0.29, 0.717) is 33.0 Å². The summed E-state index contributed by atoms with van der Waals surface area (Å²) in [6.07, 6.45) is 0.586. The summed E-state index contributed by atoms with van der Waals surface area (Å²) in [7, 11) is 0. The summed E-state index contributed by atoms with van der Waals surface area (Å²) in [5.74, 6) is -0.945. The minimum absolute atomic E-state index is 0.290. The first-order chi connectivity index (χ1) is 11.0. The molecule has 0 spiro atoms. The molecule has 0 saturated heterocycles. The molecule has 3 rings (SSSR count). The van der Waals surface area contributed by atoms with Crippen molar-refractivity contribution in [3.8, 4) is 0 Å². The number of hydrogen-bond donors (Lipinski definition) is 1. The van der Waals surface area contributed by atoms with E-state index < -0.39 is 0 Å². The molecule has 0 aliphatic carbocycles. The van der Waals surface area contributed by atoms with Gasteiger partial charge in [-0.3, -0.25) is 4.79 Å². The van der Waals surface area contributed by atoms with Crippen LogP contribution in [-0.4, -0.2) is 12.5 Å². The average molecular weight is 352 g/mol. The predicted molar refractivity (Wildman–Crippen MR) is 89.2 cm³/mol. The van der Waals surface area contributed by atoms with Gasteiger partial charge in [-0.15, -0.1) is 11.3 Å². The van der Waals surface area contributed by atoms with E-state index in [9.17, 15) is 13.6 Å². The number of amides is 1. The molecule has 0 aliphatic heterocycles. The van der Waals surface area contributed by atoms with Crippen molar-refractivity contribution in [3.05, 3.63) is 69.6 Å². The van der Waals surface area contributed by atoms with E-state index in [2.05, 4.69) is 5.32 Å². The maximum absolute atomic E-state index is 13.2. The number of thiophene rings is 1. The van der Waals surface area contributed by atoms with Gasteiger partial charge in [0.05, 0.1) is 5.02 Å². The molecule has 2 aromatic carbocycles. The molecule has 1 N–H and O–H groups in total. The van der Waals surface area contributed by atoms with Crippen LogP contribution in [0.4, 0.5) is 8.78 Å². The largest absolute Gasteiger partial charge is 0.351 e. The van der Waals surface area contributed by atoms with Gasteiger partial charge < -0.3 is 5.32 Å². The van der Waals surface area contributed by atoms with Gasteiger partial charge >= 0.3 is 0 Å². The molecule has 1 heterocycles. The van der Waals surface area contributed by atoms with Gasteiger partial charge in [-0.1, -0.05) is 23.7 Å². The Labute approximate surface area is 140 Å². The fourth-order valence-corrected chi connectivity index (χ4v) is 3.70. The minimum atomic E-state index is -0.362. The second-order valence-corrected chi connectivity index (χ2v) is 6.45. The molecule has 0 aliphatic rings. The van der Waals surface area contributed by atoms with Crippen LogP contribution >= 0.6 is 22.9 Å². The van der Waals surface area contributed by atoms with Crippen LogP contribution in [0, 0.1) is 11.6 Å². The first-order valence-corrected chi connectivity index (χ1v) is 8.14.